The van der Waals surface area contributed by atoms with Crippen LogP contribution in [0.4, 0.5) is 11.5 Å². The third-order valence-electron chi connectivity index (χ3n) is 5.77. The molecule has 0 bridgehead atoms. The van der Waals surface area contributed by atoms with Gasteiger partial charge in [0.2, 0.25) is 11.8 Å². The van der Waals surface area contributed by atoms with Crippen LogP contribution in [0.5, 0.6) is 5.75 Å². The number of ether oxygens (including phenoxy) is 1. The molecular formula is C23H28ClN5O3S. The number of amides is 2. The van der Waals surface area contributed by atoms with Crippen molar-refractivity contribution >= 4 is 46.7 Å². The monoisotopic (exact) mass is 489 g/mol. The summed E-state index contributed by atoms with van der Waals surface area (Å²) in [5.74, 6) is 1.43. The van der Waals surface area contributed by atoms with Crippen LogP contribution in [0.2, 0.25) is 5.02 Å². The second-order valence-corrected chi connectivity index (χ2v) is 9.84. The summed E-state index contributed by atoms with van der Waals surface area (Å²) >= 11 is 7.43. The van der Waals surface area contributed by atoms with Crippen molar-refractivity contribution < 1.29 is 14.3 Å². The standard InChI is InChI=1S/C23H28ClN5O3S/c1-14-10-18(19(32-2)11-17(14)24)26-21(30)13-33-22-8-7-20(27-28-22)29-9-3-4-15(12-29)23(31)25-16-5-6-16/h7-8,10-11,15-16H,3-6,9,12-13H2,1-2H3,(H,25,31)(H,26,30). The highest BCUT2D eigenvalue weighted by molar-refractivity contribution is 7.99. The number of hydrogen-bond acceptors (Lipinski definition) is 7. The zero-order valence-corrected chi connectivity index (χ0v) is 20.3. The van der Waals surface area contributed by atoms with Crippen molar-refractivity contribution in [3.63, 3.8) is 0 Å². The molecule has 0 spiro atoms. The Balaban J connectivity index is 1.29. The lowest BCUT2D eigenvalue weighted by atomic mass is 9.97. The molecule has 1 aliphatic carbocycles. The van der Waals surface area contributed by atoms with Crippen molar-refractivity contribution in [3.05, 3.63) is 34.9 Å². The fraction of sp³-hybridized carbons (Fsp3) is 0.478. The van der Waals surface area contributed by atoms with Crippen LogP contribution in [0.15, 0.2) is 29.3 Å². The largest absolute Gasteiger partial charge is 0.495 e. The molecule has 1 aromatic carbocycles. The second-order valence-electron chi connectivity index (χ2n) is 8.44. The molecule has 2 N–H and O–H groups in total. The van der Waals surface area contributed by atoms with Gasteiger partial charge in [-0.25, -0.2) is 0 Å². The Morgan fingerprint density at radius 1 is 1.24 bits per heavy atom. The van der Waals surface area contributed by atoms with Gasteiger partial charge in [-0.3, -0.25) is 9.59 Å². The lowest BCUT2D eigenvalue weighted by Gasteiger charge is -2.32. The van der Waals surface area contributed by atoms with Crippen molar-refractivity contribution in [2.75, 3.05) is 36.2 Å². The molecule has 1 aromatic heterocycles. The zero-order valence-electron chi connectivity index (χ0n) is 18.8. The van der Waals surface area contributed by atoms with Gasteiger partial charge in [-0.2, -0.15) is 0 Å². The van der Waals surface area contributed by atoms with E-state index in [-0.39, 0.29) is 23.5 Å². The van der Waals surface area contributed by atoms with Gasteiger partial charge in [-0.15, -0.1) is 10.2 Å². The molecule has 2 aromatic rings. The summed E-state index contributed by atoms with van der Waals surface area (Å²) in [5.41, 5.74) is 1.43. The predicted molar refractivity (Wildman–Crippen MR) is 130 cm³/mol. The molecule has 1 aliphatic heterocycles. The number of nitrogens with one attached hydrogen (secondary N) is 2. The summed E-state index contributed by atoms with van der Waals surface area (Å²) in [7, 11) is 1.53. The number of aromatic nitrogens is 2. The van der Waals surface area contributed by atoms with Gasteiger partial charge < -0.3 is 20.3 Å². The first kappa shape index (κ1) is 23.6. The van der Waals surface area contributed by atoms with Crippen molar-refractivity contribution in [1.82, 2.24) is 15.5 Å². The van der Waals surface area contributed by atoms with Crippen molar-refractivity contribution in [3.8, 4) is 5.75 Å². The van der Waals surface area contributed by atoms with E-state index in [1.807, 2.05) is 19.1 Å². The summed E-state index contributed by atoms with van der Waals surface area (Å²) < 4.78 is 5.30. The van der Waals surface area contributed by atoms with E-state index in [9.17, 15) is 9.59 Å². The molecule has 2 heterocycles. The van der Waals surface area contributed by atoms with Crippen LogP contribution in [0, 0.1) is 12.8 Å². The number of rotatable bonds is 8. The smallest absolute Gasteiger partial charge is 0.234 e. The SMILES string of the molecule is COc1cc(Cl)c(C)cc1NC(=O)CSc1ccc(N2CCCC(C(=O)NC3CC3)C2)nn1. The first-order valence-corrected chi connectivity index (χ1v) is 12.4. The molecule has 176 valence electrons. The Hall–Kier alpha value is -2.52. The number of carbonyl (C=O) groups excluding carboxylic acids is 2. The van der Waals surface area contributed by atoms with Gasteiger partial charge in [0.1, 0.15) is 10.8 Å². The Kier molecular flexibility index (Phi) is 7.60. The number of anilines is 2. The molecule has 2 amide bonds. The molecule has 1 atom stereocenters. The van der Waals surface area contributed by atoms with E-state index < -0.39 is 0 Å². The van der Waals surface area contributed by atoms with Crippen LogP contribution < -0.4 is 20.3 Å². The minimum absolute atomic E-state index is 0.00704. The van der Waals surface area contributed by atoms with Crippen LogP contribution in [0.25, 0.3) is 0 Å². The zero-order chi connectivity index (χ0) is 23.4. The Bertz CT molecular complexity index is 1020. The Morgan fingerprint density at radius 3 is 2.76 bits per heavy atom. The van der Waals surface area contributed by atoms with Crippen molar-refractivity contribution in [1.29, 1.82) is 0 Å². The van der Waals surface area contributed by atoms with E-state index in [1.54, 1.807) is 12.1 Å². The molecule has 2 fully saturated rings. The topological polar surface area (TPSA) is 96.5 Å². The second kappa shape index (κ2) is 10.6. The molecule has 4 rings (SSSR count). The number of hydrogen-bond donors (Lipinski definition) is 2. The number of nitrogens with zero attached hydrogens (tertiary/aromatic N) is 3. The summed E-state index contributed by atoms with van der Waals surface area (Å²) in [4.78, 5) is 27.0. The highest BCUT2D eigenvalue weighted by Crippen LogP contribution is 2.31. The van der Waals surface area contributed by atoms with Crippen LogP contribution in [-0.4, -0.2) is 54.0 Å². The summed E-state index contributed by atoms with van der Waals surface area (Å²) in [5, 5.41) is 15.8. The third kappa shape index (κ3) is 6.29. The maximum absolute atomic E-state index is 12.4. The molecule has 1 saturated carbocycles. The summed E-state index contributed by atoms with van der Waals surface area (Å²) in [6, 6.07) is 7.62. The normalized spacial score (nSPS) is 18.0. The lowest BCUT2D eigenvalue weighted by Crippen LogP contribution is -2.44. The van der Waals surface area contributed by atoms with Crippen molar-refractivity contribution in [2.24, 2.45) is 5.92 Å². The molecule has 1 saturated heterocycles. The molecule has 33 heavy (non-hydrogen) atoms. The quantitative estimate of drug-likeness (QED) is 0.546. The van der Waals surface area contributed by atoms with Crippen LogP contribution >= 0.6 is 23.4 Å². The van der Waals surface area contributed by atoms with Gasteiger partial charge in [-0.1, -0.05) is 23.4 Å². The number of carbonyl (C=O) groups is 2. The molecular weight excluding hydrogens is 462 g/mol. The third-order valence-corrected chi connectivity index (χ3v) is 7.10. The van der Waals surface area contributed by atoms with E-state index in [4.69, 9.17) is 16.3 Å². The van der Waals surface area contributed by atoms with Gasteiger partial charge in [0.25, 0.3) is 0 Å². The number of thioether (sulfide) groups is 1. The van der Waals surface area contributed by atoms with Gasteiger partial charge >= 0.3 is 0 Å². The van der Waals surface area contributed by atoms with Crippen molar-refractivity contribution in [2.45, 2.75) is 43.7 Å². The fourth-order valence-electron chi connectivity index (χ4n) is 3.76. The highest BCUT2D eigenvalue weighted by Gasteiger charge is 2.31. The fourth-order valence-corrected chi connectivity index (χ4v) is 4.53. The average Bonchev–Trinajstić information content (AvgIpc) is 3.64. The molecule has 8 nitrogen and oxygen atoms in total. The average molecular weight is 490 g/mol. The van der Waals surface area contributed by atoms with Gasteiger partial charge in [0.15, 0.2) is 5.82 Å². The van der Waals surface area contributed by atoms with Crippen LogP contribution in [0.1, 0.15) is 31.2 Å². The molecule has 2 aliphatic rings. The van der Waals surface area contributed by atoms with E-state index in [1.165, 1.54) is 18.9 Å². The molecule has 10 heteroatoms. The van der Waals surface area contributed by atoms with E-state index in [0.717, 1.165) is 43.6 Å². The predicted octanol–water partition coefficient (Wildman–Crippen LogP) is 3.67. The minimum Gasteiger partial charge on any atom is -0.495 e. The summed E-state index contributed by atoms with van der Waals surface area (Å²) in [6.07, 6.45) is 4.05. The lowest BCUT2D eigenvalue weighted by molar-refractivity contribution is -0.125. The summed E-state index contributed by atoms with van der Waals surface area (Å²) in [6.45, 7) is 3.39. The minimum atomic E-state index is -0.175. The van der Waals surface area contributed by atoms with E-state index >= 15 is 0 Å². The van der Waals surface area contributed by atoms with Crippen LogP contribution in [0.3, 0.4) is 0 Å². The van der Waals surface area contributed by atoms with Gasteiger partial charge in [0, 0.05) is 30.2 Å². The molecule has 0 radical (unpaired) electrons. The van der Waals surface area contributed by atoms with Gasteiger partial charge in [-0.05, 0) is 56.4 Å². The van der Waals surface area contributed by atoms with E-state index in [2.05, 4.69) is 25.7 Å². The van der Waals surface area contributed by atoms with Crippen LogP contribution in [-0.2, 0) is 9.59 Å². The molecule has 1 unspecified atom stereocenters. The number of piperidine rings is 1. The number of methoxy groups -OCH3 is 1. The van der Waals surface area contributed by atoms with Gasteiger partial charge in [0.05, 0.1) is 24.5 Å². The number of halogens is 1. The number of aryl methyl sites for hydroxylation is 1. The first-order chi connectivity index (χ1) is 15.9. The maximum Gasteiger partial charge on any atom is 0.234 e. The Labute approximate surface area is 202 Å². The Morgan fingerprint density at radius 2 is 2.06 bits per heavy atom. The maximum atomic E-state index is 12.4. The number of benzene rings is 1. The first-order valence-electron chi connectivity index (χ1n) is 11.1. The highest BCUT2D eigenvalue weighted by atomic mass is 35.5. The van der Waals surface area contributed by atoms with E-state index in [0.29, 0.717) is 34.1 Å².